The SMILES string of the molecule is CCOC(=O)c1cccc(N(C)C(CC)CC)c1N. The number of hydrogen-bond acceptors (Lipinski definition) is 4. The monoisotopic (exact) mass is 264 g/mol. The Kier molecular flexibility index (Phi) is 5.67. The molecule has 0 spiro atoms. The van der Waals surface area contributed by atoms with Crippen LogP contribution in [-0.2, 0) is 4.74 Å². The van der Waals surface area contributed by atoms with Crippen molar-refractivity contribution in [1.29, 1.82) is 0 Å². The van der Waals surface area contributed by atoms with Gasteiger partial charge in [0.25, 0.3) is 0 Å². The Hall–Kier alpha value is -1.71. The van der Waals surface area contributed by atoms with Gasteiger partial charge in [0.15, 0.2) is 0 Å². The molecule has 0 aliphatic heterocycles. The molecule has 1 aromatic carbocycles. The predicted molar refractivity (Wildman–Crippen MR) is 79.6 cm³/mol. The molecule has 0 bridgehead atoms. The summed E-state index contributed by atoms with van der Waals surface area (Å²) in [5, 5.41) is 0. The lowest BCUT2D eigenvalue weighted by Gasteiger charge is -2.30. The Bertz CT molecular complexity index is 428. The van der Waals surface area contributed by atoms with Crippen LogP contribution in [0, 0.1) is 0 Å². The fourth-order valence-corrected chi connectivity index (χ4v) is 2.28. The fraction of sp³-hybridized carbons (Fsp3) is 0.533. The van der Waals surface area contributed by atoms with Gasteiger partial charge in [-0.3, -0.25) is 0 Å². The van der Waals surface area contributed by atoms with Crippen LogP contribution in [-0.4, -0.2) is 25.7 Å². The van der Waals surface area contributed by atoms with Crippen LogP contribution in [0.4, 0.5) is 11.4 Å². The van der Waals surface area contributed by atoms with Crippen molar-refractivity contribution in [3.8, 4) is 0 Å². The molecule has 0 aromatic heterocycles. The van der Waals surface area contributed by atoms with E-state index in [0.717, 1.165) is 18.5 Å². The lowest BCUT2D eigenvalue weighted by Crippen LogP contribution is -2.31. The van der Waals surface area contributed by atoms with E-state index < -0.39 is 0 Å². The molecule has 0 heterocycles. The summed E-state index contributed by atoms with van der Waals surface area (Å²) in [7, 11) is 2.01. The molecular weight excluding hydrogens is 240 g/mol. The summed E-state index contributed by atoms with van der Waals surface area (Å²) in [6.45, 7) is 6.44. The van der Waals surface area contributed by atoms with Gasteiger partial charge in [-0.05, 0) is 31.9 Å². The zero-order valence-electron chi connectivity index (χ0n) is 12.3. The topological polar surface area (TPSA) is 55.6 Å². The standard InChI is InChI=1S/C15H24N2O2/c1-5-11(6-2)17(4)13-10-8-9-12(14(13)16)15(18)19-7-3/h8-11H,5-7,16H2,1-4H3. The van der Waals surface area contributed by atoms with E-state index in [1.807, 2.05) is 19.2 Å². The molecule has 106 valence electrons. The molecule has 4 heteroatoms. The number of hydrogen-bond donors (Lipinski definition) is 1. The van der Waals surface area contributed by atoms with Gasteiger partial charge in [0.1, 0.15) is 0 Å². The second-order valence-corrected chi connectivity index (χ2v) is 4.54. The van der Waals surface area contributed by atoms with Crippen LogP contribution < -0.4 is 10.6 Å². The summed E-state index contributed by atoms with van der Waals surface area (Å²) in [4.78, 5) is 14.0. The van der Waals surface area contributed by atoms with Gasteiger partial charge < -0.3 is 15.4 Å². The van der Waals surface area contributed by atoms with E-state index in [2.05, 4.69) is 18.7 Å². The molecule has 0 fully saturated rings. The van der Waals surface area contributed by atoms with Gasteiger partial charge in [0.05, 0.1) is 23.5 Å². The van der Waals surface area contributed by atoms with Gasteiger partial charge in [-0.15, -0.1) is 0 Å². The van der Waals surface area contributed by atoms with Crippen LogP contribution in [0.15, 0.2) is 18.2 Å². The van der Waals surface area contributed by atoms with Crippen LogP contribution in [0.3, 0.4) is 0 Å². The number of nitrogens with two attached hydrogens (primary N) is 1. The van der Waals surface area contributed by atoms with Crippen molar-refractivity contribution in [1.82, 2.24) is 0 Å². The third-order valence-corrected chi connectivity index (χ3v) is 3.45. The van der Waals surface area contributed by atoms with Crippen molar-refractivity contribution in [2.75, 3.05) is 24.3 Å². The third-order valence-electron chi connectivity index (χ3n) is 3.45. The molecule has 0 aliphatic rings. The summed E-state index contributed by atoms with van der Waals surface area (Å²) in [6, 6.07) is 5.91. The zero-order chi connectivity index (χ0) is 14.4. The van der Waals surface area contributed by atoms with Gasteiger partial charge in [-0.25, -0.2) is 4.79 Å². The fourth-order valence-electron chi connectivity index (χ4n) is 2.28. The normalized spacial score (nSPS) is 10.6. The highest BCUT2D eigenvalue weighted by Crippen LogP contribution is 2.29. The number of para-hydroxylation sites is 1. The molecule has 0 aliphatic carbocycles. The number of ether oxygens (including phenoxy) is 1. The third kappa shape index (κ3) is 3.40. The molecule has 1 rings (SSSR count). The molecule has 0 unspecified atom stereocenters. The van der Waals surface area contributed by atoms with E-state index in [1.165, 1.54) is 0 Å². The summed E-state index contributed by atoms with van der Waals surface area (Å²) < 4.78 is 5.02. The lowest BCUT2D eigenvalue weighted by molar-refractivity contribution is 0.0527. The lowest BCUT2D eigenvalue weighted by atomic mass is 10.1. The number of nitrogens with zero attached hydrogens (tertiary/aromatic N) is 1. The first-order valence-electron chi connectivity index (χ1n) is 6.85. The van der Waals surface area contributed by atoms with E-state index in [0.29, 0.717) is 23.9 Å². The first-order chi connectivity index (χ1) is 9.06. The van der Waals surface area contributed by atoms with Crippen molar-refractivity contribution < 1.29 is 9.53 Å². The van der Waals surface area contributed by atoms with E-state index in [1.54, 1.807) is 13.0 Å². The summed E-state index contributed by atoms with van der Waals surface area (Å²) in [6.07, 6.45) is 2.08. The Morgan fingerprint density at radius 2 is 1.95 bits per heavy atom. The number of anilines is 2. The van der Waals surface area contributed by atoms with Crippen LogP contribution >= 0.6 is 0 Å². The number of carbonyl (C=O) groups excluding carboxylic acids is 1. The highest BCUT2D eigenvalue weighted by molar-refractivity contribution is 5.98. The average Bonchev–Trinajstić information content (AvgIpc) is 2.40. The predicted octanol–water partition coefficient (Wildman–Crippen LogP) is 3.07. The molecule has 2 N–H and O–H groups in total. The van der Waals surface area contributed by atoms with E-state index in [4.69, 9.17) is 10.5 Å². The average molecular weight is 264 g/mol. The minimum atomic E-state index is -0.361. The highest BCUT2D eigenvalue weighted by atomic mass is 16.5. The molecule has 19 heavy (non-hydrogen) atoms. The van der Waals surface area contributed by atoms with Crippen molar-refractivity contribution in [2.24, 2.45) is 0 Å². The maximum Gasteiger partial charge on any atom is 0.340 e. The van der Waals surface area contributed by atoms with Crippen LogP contribution in [0.1, 0.15) is 44.0 Å². The number of esters is 1. The van der Waals surface area contributed by atoms with Crippen LogP contribution in [0.2, 0.25) is 0 Å². The molecule has 0 amide bonds. The largest absolute Gasteiger partial charge is 0.462 e. The van der Waals surface area contributed by atoms with Crippen molar-refractivity contribution in [2.45, 2.75) is 39.7 Å². The van der Waals surface area contributed by atoms with Crippen LogP contribution in [0.5, 0.6) is 0 Å². The number of carbonyl (C=O) groups is 1. The minimum absolute atomic E-state index is 0.352. The maximum atomic E-state index is 11.8. The second-order valence-electron chi connectivity index (χ2n) is 4.54. The van der Waals surface area contributed by atoms with Crippen molar-refractivity contribution in [3.63, 3.8) is 0 Å². The Balaban J connectivity index is 3.09. The molecular formula is C15H24N2O2. The Morgan fingerprint density at radius 1 is 1.32 bits per heavy atom. The Morgan fingerprint density at radius 3 is 2.47 bits per heavy atom. The van der Waals surface area contributed by atoms with Gasteiger partial charge in [0, 0.05) is 13.1 Å². The highest BCUT2D eigenvalue weighted by Gasteiger charge is 2.18. The van der Waals surface area contributed by atoms with Gasteiger partial charge in [0.2, 0.25) is 0 Å². The molecule has 0 saturated heterocycles. The maximum absolute atomic E-state index is 11.8. The van der Waals surface area contributed by atoms with Gasteiger partial charge in [-0.2, -0.15) is 0 Å². The quantitative estimate of drug-likeness (QED) is 0.633. The molecule has 4 nitrogen and oxygen atoms in total. The molecule has 0 saturated carbocycles. The molecule has 0 radical (unpaired) electrons. The van der Waals surface area contributed by atoms with E-state index in [-0.39, 0.29) is 5.97 Å². The zero-order valence-corrected chi connectivity index (χ0v) is 12.3. The van der Waals surface area contributed by atoms with E-state index >= 15 is 0 Å². The molecule has 0 atom stereocenters. The second kappa shape index (κ2) is 7.02. The van der Waals surface area contributed by atoms with Crippen molar-refractivity contribution >= 4 is 17.3 Å². The van der Waals surface area contributed by atoms with Crippen molar-refractivity contribution in [3.05, 3.63) is 23.8 Å². The smallest absolute Gasteiger partial charge is 0.340 e. The number of benzene rings is 1. The van der Waals surface area contributed by atoms with Crippen LogP contribution in [0.25, 0.3) is 0 Å². The summed E-state index contributed by atoms with van der Waals surface area (Å²) in [5.74, 6) is -0.361. The van der Waals surface area contributed by atoms with E-state index in [9.17, 15) is 4.79 Å². The Labute approximate surface area is 115 Å². The summed E-state index contributed by atoms with van der Waals surface area (Å²) in [5.41, 5.74) is 7.95. The minimum Gasteiger partial charge on any atom is -0.462 e. The first-order valence-corrected chi connectivity index (χ1v) is 6.85. The number of nitrogen functional groups attached to an aromatic ring is 1. The van der Waals surface area contributed by atoms with Gasteiger partial charge in [-0.1, -0.05) is 19.9 Å². The number of rotatable bonds is 6. The molecule has 1 aromatic rings. The summed E-state index contributed by atoms with van der Waals surface area (Å²) >= 11 is 0. The van der Waals surface area contributed by atoms with Gasteiger partial charge >= 0.3 is 5.97 Å². The first kappa shape index (κ1) is 15.3.